The molecule has 1 amide bonds. The van der Waals surface area contributed by atoms with E-state index in [0.717, 1.165) is 6.42 Å². The summed E-state index contributed by atoms with van der Waals surface area (Å²) in [5, 5.41) is 2.64. The first-order chi connectivity index (χ1) is 9.44. The van der Waals surface area contributed by atoms with Crippen LogP contribution in [-0.2, 0) is 14.8 Å². The Bertz CT molecular complexity index is 618. The molecule has 6 nitrogen and oxygen atoms in total. The number of benzene rings is 1. The van der Waals surface area contributed by atoms with Crippen LogP contribution < -0.4 is 14.8 Å². The zero-order chi connectivity index (χ0) is 14.8. The molecule has 110 valence electrons. The Morgan fingerprint density at radius 3 is 2.85 bits per heavy atom. The van der Waals surface area contributed by atoms with E-state index in [2.05, 4.69) is 26.0 Å². The SMILES string of the molecule is COc1ccc(Br)cc1S(=O)(=O)N[C@H]1CCCNC1=O. The van der Waals surface area contributed by atoms with Crippen molar-refractivity contribution in [2.45, 2.75) is 23.8 Å². The first kappa shape index (κ1) is 15.3. The van der Waals surface area contributed by atoms with E-state index in [-0.39, 0.29) is 16.6 Å². The van der Waals surface area contributed by atoms with E-state index in [9.17, 15) is 13.2 Å². The number of nitrogens with one attached hydrogen (secondary N) is 2. The summed E-state index contributed by atoms with van der Waals surface area (Å²) in [4.78, 5) is 11.7. The van der Waals surface area contributed by atoms with Gasteiger partial charge in [-0.3, -0.25) is 4.79 Å². The predicted molar refractivity (Wildman–Crippen MR) is 77.0 cm³/mol. The van der Waals surface area contributed by atoms with E-state index in [4.69, 9.17) is 4.74 Å². The van der Waals surface area contributed by atoms with Crippen molar-refractivity contribution >= 4 is 31.9 Å². The van der Waals surface area contributed by atoms with Crippen molar-refractivity contribution in [1.29, 1.82) is 0 Å². The average Bonchev–Trinajstić information content (AvgIpc) is 2.41. The maximum Gasteiger partial charge on any atom is 0.245 e. The second kappa shape index (κ2) is 6.11. The molecule has 0 saturated carbocycles. The Labute approximate surface area is 126 Å². The van der Waals surface area contributed by atoms with E-state index in [1.54, 1.807) is 12.1 Å². The normalized spacial score (nSPS) is 19.5. The van der Waals surface area contributed by atoms with Crippen molar-refractivity contribution < 1.29 is 17.9 Å². The fourth-order valence-electron chi connectivity index (χ4n) is 2.00. The van der Waals surface area contributed by atoms with Crippen LogP contribution in [0.1, 0.15) is 12.8 Å². The van der Waals surface area contributed by atoms with Gasteiger partial charge in [0.1, 0.15) is 16.7 Å². The molecule has 1 saturated heterocycles. The minimum Gasteiger partial charge on any atom is -0.495 e. The van der Waals surface area contributed by atoms with Gasteiger partial charge in [-0.25, -0.2) is 8.42 Å². The van der Waals surface area contributed by atoms with Crippen molar-refractivity contribution in [2.75, 3.05) is 13.7 Å². The third kappa shape index (κ3) is 3.31. The summed E-state index contributed by atoms with van der Waals surface area (Å²) in [7, 11) is -2.43. The van der Waals surface area contributed by atoms with Crippen LogP contribution in [0.5, 0.6) is 5.75 Å². The maximum atomic E-state index is 12.4. The van der Waals surface area contributed by atoms with Crippen LogP contribution in [-0.4, -0.2) is 34.0 Å². The highest BCUT2D eigenvalue weighted by Crippen LogP contribution is 2.27. The van der Waals surface area contributed by atoms with Crippen LogP contribution in [0, 0.1) is 0 Å². The molecule has 2 N–H and O–H groups in total. The highest BCUT2D eigenvalue weighted by Gasteiger charge is 2.29. The van der Waals surface area contributed by atoms with Gasteiger partial charge in [-0.1, -0.05) is 15.9 Å². The minimum absolute atomic E-state index is 0.00717. The Morgan fingerprint density at radius 1 is 1.45 bits per heavy atom. The number of methoxy groups -OCH3 is 1. The molecule has 1 fully saturated rings. The van der Waals surface area contributed by atoms with Gasteiger partial charge in [0.25, 0.3) is 0 Å². The molecular weight excluding hydrogens is 348 g/mol. The number of hydrogen-bond acceptors (Lipinski definition) is 4. The van der Waals surface area contributed by atoms with Gasteiger partial charge < -0.3 is 10.1 Å². The lowest BCUT2D eigenvalue weighted by Crippen LogP contribution is -2.50. The van der Waals surface area contributed by atoms with Crippen LogP contribution >= 0.6 is 15.9 Å². The molecule has 2 rings (SSSR count). The number of piperidine rings is 1. The number of hydrogen-bond donors (Lipinski definition) is 2. The lowest BCUT2D eigenvalue weighted by molar-refractivity contribution is -0.124. The average molecular weight is 363 g/mol. The summed E-state index contributed by atoms with van der Waals surface area (Å²) < 4.78 is 32.9. The van der Waals surface area contributed by atoms with Gasteiger partial charge in [0.2, 0.25) is 15.9 Å². The zero-order valence-corrected chi connectivity index (χ0v) is 13.3. The van der Waals surface area contributed by atoms with Crippen LogP contribution in [0.25, 0.3) is 0 Å². The number of halogens is 1. The third-order valence-corrected chi connectivity index (χ3v) is 4.98. The minimum atomic E-state index is -3.82. The Balaban J connectivity index is 2.30. The number of carbonyl (C=O) groups excluding carboxylic acids is 1. The smallest absolute Gasteiger partial charge is 0.245 e. The van der Waals surface area contributed by atoms with Crippen molar-refractivity contribution in [3.63, 3.8) is 0 Å². The molecule has 1 atom stereocenters. The summed E-state index contributed by atoms with van der Waals surface area (Å²) >= 11 is 3.23. The molecule has 0 bridgehead atoms. The third-order valence-electron chi connectivity index (χ3n) is 3.00. The zero-order valence-electron chi connectivity index (χ0n) is 10.8. The lowest BCUT2D eigenvalue weighted by Gasteiger charge is -2.23. The molecule has 1 aliphatic rings. The fraction of sp³-hybridized carbons (Fsp3) is 0.417. The molecule has 0 unspecified atom stereocenters. The molecule has 0 aromatic heterocycles. The summed E-state index contributed by atoms with van der Waals surface area (Å²) in [5.41, 5.74) is 0. The molecule has 0 radical (unpaired) electrons. The van der Waals surface area contributed by atoms with Gasteiger partial charge in [-0.2, -0.15) is 4.72 Å². The molecule has 1 heterocycles. The summed E-state index contributed by atoms with van der Waals surface area (Å²) in [5.74, 6) is -0.0642. The molecule has 8 heteroatoms. The number of sulfonamides is 1. The van der Waals surface area contributed by atoms with Crippen LogP contribution in [0.15, 0.2) is 27.6 Å². The van der Waals surface area contributed by atoms with Gasteiger partial charge in [-0.05, 0) is 31.0 Å². The highest BCUT2D eigenvalue weighted by atomic mass is 79.9. The topological polar surface area (TPSA) is 84.5 Å². The maximum absolute atomic E-state index is 12.4. The van der Waals surface area contributed by atoms with Crippen molar-refractivity contribution in [1.82, 2.24) is 10.0 Å². The van der Waals surface area contributed by atoms with E-state index in [1.165, 1.54) is 13.2 Å². The Hall–Kier alpha value is -1.12. The van der Waals surface area contributed by atoms with Crippen molar-refractivity contribution in [2.24, 2.45) is 0 Å². The summed E-state index contributed by atoms with van der Waals surface area (Å²) in [6.07, 6.45) is 1.23. The second-order valence-electron chi connectivity index (χ2n) is 4.40. The van der Waals surface area contributed by atoms with Crippen LogP contribution in [0.2, 0.25) is 0 Å². The first-order valence-corrected chi connectivity index (χ1v) is 8.35. The van der Waals surface area contributed by atoms with Crippen molar-refractivity contribution in [3.05, 3.63) is 22.7 Å². The van der Waals surface area contributed by atoms with Gasteiger partial charge in [-0.15, -0.1) is 0 Å². The monoisotopic (exact) mass is 362 g/mol. The number of ether oxygens (including phenoxy) is 1. The number of rotatable bonds is 4. The molecule has 1 aliphatic heterocycles. The standard InChI is InChI=1S/C12H15BrN2O4S/c1-19-10-5-4-8(13)7-11(10)20(17,18)15-9-3-2-6-14-12(9)16/h4-5,7,9,15H,2-3,6H2,1H3,(H,14,16)/t9-/m0/s1. The molecular formula is C12H15BrN2O4S. The second-order valence-corrected chi connectivity index (χ2v) is 7.00. The van der Waals surface area contributed by atoms with E-state index >= 15 is 0 Å². The first-order valence-electron chi connectivity index (χ1n) is 6.07. The van der Waals surface area contributed by atoms with Gasteiger partial charge in [0.05, 0.1) is 7.11 Å². The molecule has 1 aromatic carbocycles. The van der Waals surface area contributed by atoms with Crippen molar-refractivity contribution in [3.8, 4) is 5.75 Å². The highest BCUT2D eigenvalue weighted by molar-refractivity contribution is 9.10. The summed E-state index contributed by atoms with van der Waals surface area (Å²) in [6, 6.07) is 3.95. The Kier molecular flexibility index (Phi) is 4.66. The number of carbonyl (C=O) groups is 1. The number of amides is 1. The van der Waals surface area contributed by atoms with Gasteiger partial charge in [0, 0.05) is 11.0 Å². The fourth-order valence-corrected chi connectivity index (χ4v) is 3.93. The van der Waals surface area contributed by atoms with E-state index in [1.807, 2.05) is 0 Å². The van der Waals surface area contributed by atoms with Crippen LogP contribution in [0.3, 0.4) is 0 Å². The van der Waals surface area contributed by atoms with E-state index < -0.39 is 16.1 Å². The van der Waals surface area contributed by atoms with Gasteiger partial charge >= 0.3 is 0 Å². The predicted octanol–water partition coefficient (Wildman–Crippen LogP) is 1.01. The molecule has 0 spiro atoms. The Morgan fingerprint density at radius 2 is 2.20 bits per heavy atom. The largest absolute Gasteiger partial charge is 0.495 e. The summed E-state index contributed by atoms with van der Waals surface area (Å²) in [6.45, 7) is 0.581. The quantitative estimate of drug-likeness (QED) is 0.837. The molecule has 0 aliphatic carbocycles. The lowest BCUT2D eigenvalue weighted by atomic mass is 10.1. The van der Waals surface area contributed by atoms with Crippen LogP contribution in [0.4, 0.5) is 0 Å². The molecule has 1 aromatic rings. The molecule has 20 heavy (non-hydrogen) atoms. The van der Waals surface area contributed by atoms with Gasteiger partial charge in [0.15, 0.2) is 0 Å². The van der Waals surface area contributed by atoms with E-state index in [0.29, 0.717) is 17.4 Å².